The zero-order valence-corrected chi connectivity index (χ0v) is 7.94. The first kappa shape index (κ1) is 10.6. The molecule has 0 spiro atoms. The molecule has 74 valence electrons. The van der Waals surface area contributed by atoms with E-state index in [0.29, 0.717) is 5.56 Å². The van der Waals surface area contributed by atoms with Gasteiger partial charge in [-0.05, 0) is 17.7 Å². The molecule has 0 aliphatic rings. The Kier molecular flexibility index (Phi) is 3.78. The van der Waals surface area contributed by atoms with E-state index in [2.05, 4.69) is 21.9 Å². The van der Waals surface area contributed by atoms with E-state index in [4.69, 9.17) is 16.7 Å². The van der Waals surface area contributed by atoms with E-state index in [-0.39, 0.29) is 12.4 Å². The summed E-state index contributed by atoms with van der Waals surface area (Å²) in [6.45, 7) is 0.140. The molecule has 0 aromatic heterocycles. The fraction of sp³-hybridized carbons (Fsp3) is 0.100. The van der Waals surface area contributed by atoms with Crippen LogP contribution < -0.4 is 5.73 Å². The third-order valence-electron chi connectivity index (χ3n) is 1.62. The number of amidine groups is 1. The maximum atomic E-state index is 8.03. The van der Waals surface area contributed by atoms with E-state index in [0.717, 1.165) is 5.56 Å². The normalized spacial score (nSPS) is 8.27. The molecule has 5 heteroatoms. The molecule has 15 heavy (non-hydrogen) atoms. The maximum Gasteiger partial charge on any atom is 0.122 e. The molecule has 0 amide bonds. The van der Waals surface area contributed by atoms with Crippen molar-refractivity contribution in [3.8, 4) is 11.8 Å². The predicted octanol–water partition coefficient (Wildman–Crippen LogP) is 1.63. The topological polar surface area (TPSA) is 98.6 Å². The number of nitrogens with zero attached hydrogens (tertiary/aromatic N) is 3. The lowest BCUT2D eigenvalue weighted by atomic mass is 10.1. The highest BCUT2D eigenvalue weighted by Crippen LogP contribution is 2.02. The molecule has 0 atom stereocenters. The molecule has 1 rings (SSSR count). The van der Waals surface area contributed by atoms with Crippen LogP contribution in [0, 0.1) is 17.3 Å². The van der Waals surface area contributed by atoms with Crippen LogP contribution >= 0.6 is 0 Å². The highest BCUT2D eigenvalue weighted by atomic mass is 15.1. The predicted molar refractivity (Wildman–Crippen MR) is 58.3 cm³/mol. The van der Waals surface area contributed by atoms with Crippen LogP contribution in [0.2, 0.25) is 0 Å². The van der Waals surface area contributed by atoms with Gasteiger partial charge in [-0.2, -0.15) is 0 Å². The third kappa shape index (κ3) is 3.43. The van der Waals surface area contributed by atoms with Crippen molar-refractivity contribution in [3.63, 3.8) is 0 Å². The summed E-state index contributed by atoms with van der Waals surface area (Å²) in [5, 5.41) is 10.5. The van der Waals surface area contributed by atoms with Crippen molar-refractivity contribution in [2.24, 2.45) is 10.8 Å². The minimum atomic E-state index is 0.00805. The van der Waals surface area contributed by atoms with Crippen molar-refractivity contribution in [2.75, 3.05) is 6.54 Å². The number of rotatable bonds is 2. The summed E-state index contributed by atoms with van der Waals surface area (Å²) in [5.41, 5.74) is 14.7. The Bertz CT molecular complexity index is 474. The van der Waals surface area contributed by atoms with Gasteiger partial charge in [0.25, 0.3) is 0 Å². The van der Waals surface area contributed by atoms with Gasteiger partial charge in [-0.3, -0.25) is 5.41 Å². The van der Waals surface area contributed by atoms with Crippen LogP contribution in [-0.2, 0) is 0 Å². The number of nitrogens with one attached hydrogen (secondary N) is 1. The lowest BCUT2D eigenvalue weighted by Crippen LogP contribution is -2.10. The van der Waals surface area contributed by atoms with Crippen LogP contribution in [-0.4, -0.2) is 12.4 Å². The summed E-state index contributed by atoms with van der Waals surface area (Å²) in [4.78, 5) is 2.58. The summed E-state index contributed by atoms with van der Waals surface area (Å²) in [5.74, 6) is 5.50. The average Bonchev–Trinajstić information content (AvgIpc) is 2.25. The number of hydrogen-bond donors (Lipinski definition) is 2. The van der Waals surface area contributed by atoms with Crippen molar-refractivity contribution >= 4 is 5.84 Å². The molecule has 5 nitrogen and oxygen atoms in total. The molecule has 0 unspecified atom stereocenters. The van der Waals surface area contributed by atoms with Gasteiger partial charge in [0, 0.05) is 16.0 Å². The number of benzene rings is 1. The van der Waals surface area contributed by atoms with Crippen LogP contribution in [0.5, 0.6) is 0 Å². The first-order valence-corrected chi connectivity index (χ1v) is 4.18. The van der Waals surface area contributed by atoms with Crippen molar-refractivity contribution in [3.05, 3.63) is 45.8 Å². The van der Waals surface area contributed by atoms with E-state index in [1.165, 1.54) is 0 Å². The fourth-order valence-electron chi connectivity index (χ4n) is 0.973. The Balaban J connectivity index is 2.84. The van der Waals surface area contributed by atoms with Gasteiger partial charge in [-0.15, -0.1) is 0 Å². The van der Waals surface area contributed by atoms with Crippen LogP contribution in [0.15, 0.2) is 29.4 Å². The number of hydrogen-bond acceptors (Lipinski definition) is 2. The van der Waals surface area contributed by atoms with Crippen LogP contribution in [0.1, 0.15) is 11.1 Å². The quantitative estimate of drug-likeness (QED) is 0.186. The van der Waals surface area contributed by atoms with Crippen molar-refractivity contribution in [1.29, 1.82) is 5.41 Å². The fourth-order valence-corrected chi connectivity index (χ4v) is 0.973. The second kappa shape index (κ2) is 5.32. The SMILES string of the molecule is [N-]=[N+]=NCC#Cc1cccc(C(=N)N)c1. The Morgan fingerprint density at radius 3 is 3.07 bits per heavy atom. The standard InChI is InChI=1S/C10H9N5/c11-10(12)9-5-1-3-8(7-9)4-2-6-14-15-13/h1,3,5,7H,6H2,(H3,11,12). The number of nitrogen functional groups attached to an aromatic ring is 1. The molecule has 3 N–H and O–H groups in total. The van der Waals surface area contributed by atoms with Gasteiger partial charge < -0.3 is 5.73 Å². The summed E-state index contributed by atoms with van der Waals surface area (Å²) in [6, 6.07) is 7.02. The second-order valence-corrected chi connectivity index (χ2v) is 2.69. The lowest BCUT2D eigenvalue weighted by Gasteiger charge is -1.97. The minimum Gasteiger partial charge on any atom is -0.384 e. The molecule has 1 aromatic carbocycles. The van der Waals surface area contributed by atoms with Gasteiger partial charge in [-0.1, -0.05) is 29.1 Å². The van der Waals surface area contributed by atoms with Gasteiger partial charge >= 0.3 is 0 Å². The van der Waals surface area contributed by atoms with E-state index in [1.807, 2.05) is 0 Å². The highest BCUT2D eigenvalue weighted by Gasteiger charge is 1.95. The minimum absolute atomic E-state index is 0.00805. The Labute approximate surface area is 87.0 Å². The van der Waals surface area contributed by atoms with Crippen molar-refractivity contribution in [2.45, 2.75) is 0 Å². The van der Waals surface area contributed by atoms with Crippen molar-refractivity contribution < 1.29 is 0 Å². The smallest absolute Gasteiger partial charge is 0.122 e. The van der Waals surface area contributed by atoms with Gasteiger partial charge in [0.05, 0.1) is 6.54 Å². The lowest BCUT2D eigenvalue weighted by molar-refractivity contribution is 1.25. The zero-order chi connectivity index (χ0) is 11.1. The van der Waals surface area contributed by atoms with E-state index in [1.54, 1.807) is 24.3 Å². The van der Waals surface area contributed by atoms with E-state index < -0.39 is 0 Å². The molecular weight excluding hydrogens is 190 g/mol. The number of nitrogens with two attached hydrogens (primary N) is 1. The van der Waals surface area contributed by atoms with Crippen LogP contribution in [0.3, 0.4) is 0 Å². The summed E-state index contributed by atoms with van der Waals surface area (Å²) in [7, 11) is 0. The van der Waals surface area contributed by atoms with Gasteiger partial charge in [0.2, 0.25) is 0 Å². The molecule has 0 bridgehead atoms. The largest absolute Gasteiger partial charge is 0.384 e. The third-order valence-corrected chi connectivity index (χ3v) is 1.62. The summed E-state index contributed by atoms with van der Waals surface area (Å²) in [6.07, 6.45) is 0. The Morgan fingerprint density at radius 1 is 1.60 bits per heavy atom. The monoisotopic (exact) mass is 199 g/mol. The first-order valence-electron chi connectivity index (χ1n) is 4.18. The Hall–Kier alpha value is -2.44. The molecule has 0 aliphatic carbocycles. The van der Waals surface area contributed by atoms with Crippen LogP contribution in [0.25, 0.3) is 10.4 Å². The first-order chi connectivity index (χ1) is 7.24. The van der Waals surface area contributed by atoms with Gasteiger partial charge in [0.15, 0.2) is 0 Å². The highest BCUT2D eigenvalue weighted by molar-refractivity contribution is 5.95. The van der Waals surface area contributed by atoms with Gasteiger partial charge in [0.1, 0.15) is 5.84 Å². The second-order valence-electron chi connectivity index (χ2n) is 2.69. The van der Waals surface area contributed by atoms with E-state index >= 15 is 0 Å². The molecule has 0 heterocycles. The number of azide groups is 1. The molecule has 0 radical (unpaired) electrons. The van der Waals surface area contributed by atoms with Crippen LogP contribution in [0.4, 0.5) is 0 Å². The summed E-state index contributed by atoms with van der Waals surface area (Å²) < 4.78 is 0. The Morgan fingerprint density at radius 2 is 2.40 bits per heavy atom. The molecule has 0 aliphatic heterocycles. The molecular formula is C10H9N5. The summed E-state index contributed by atoms with van der Waals surface area (Å²) >= 11 is 0. The average molecular weight is 199 g/mol. The molecule has 0 saturated heterocycles. The zero-order valence-electron chi connectivity index (χ0n) is 7.94. The van der Waals surface area contributed by atoms with Crippen molar-refractivity contribution in [1.82, 2.24) is 0 Å². The molecule has 1 aromatic rings. The molecule has 0 fully saturated rings. The van der Waals surface area contributed by atoms with Gasteiger partial charge in [-0.25, -0.2) is 0 Å². The maximum absolute atomic E-state index is 8.03. The van der Waals surface area contributed by atoms with E-state index in [9.17, 15) is 0 Å². The molecule has 0 saturated carbocycles.